The first-order valence-corrected chi connectivity index (χ1v) is 0. The molecule has 0 aromatic heterocycles. The maximum atomic E-state index is 0. The molecule has 0 aliphatic rings. The van der Waals surface area contributed by atoms with Crippen LogP contribution in [0.2, 0.25) is 0 Å². The molecule has 0 saturated carbocycles. The molecule has 0 saturated heterocycles. The molecule has 14 heavy (non-hydrogen) atoms. The van der Waals surface area contributed by atoms with E-state index in [9.17, 15) is 0 Å². The van der Waals surface area contributed by atoms with Gasteiger partial charge in [0.1, 0.15) is 0 Å². The molecule has 0 atom stereocenters. The van der Waals surface area contributed by atoms with Crippen molar-refractivity contribution in [2.45, 2.75) is 0 Å². The van der Waals surface area contributed by atoms with Crippen molar-refractivity contribution in [1.29, 1.82) is 0 Å². The van der Waals surface area contributed by atoms with Crippen LogP contribution in [0.4, 0.5) is 0 Å². The second-order valence-corrected chi connectivity index (χ2v) is 0. The quantitative estimate of drug-likeness (QED) is 0.486. The Bertz CT molecular complexity index is 14.0. The minimum atomic E-state index is 0. The van der Waals surface area contributed by atoms with Gasteiger partial charge in [0, 0.05) is 130 Å². The summed E-state index contributed by atoms with van der Waals surface area (Å²) >= 11 is 0. The predicted molar refractivity (Wildman–Crippen MR) is 44.9 cm³/mol. The number of hydrogen-bond donors (Lipinski definition) is 0. The van der Waals surface area contributed by atoms with Gasteiger partial charge in [0.05, 0.1) is 0 Å². The van der Waals surface area contributed by atoms with E-state index in [1.807, 2.05) is 0 Å². The molecule has 0 spiro atoms. The summed E-state index contributed by atoms with van der Waals surface area (Å²) in [5, 5.41) is 0. The molecule has 0 aliphatic heterocycles. The standard InChI is InChI=1S/7CH3.7V/h7*1H3;;;;;;;/q7*-1;;;;;;;. The van der Waals surface area contributed by atoms with Gasteiger partial charge < -0.3 is 52.0 Å². The Labute approximate surface area is 179 Å². The van der Waals surface area contributed by atoms with E-state index in [1.165, 1.54) is 0 Å². The van der Waals surface area contributed by atoms with Crippen molar-refractivity contribution in [3.63, 3.8) is 0 Å². The molecule has 0 fully saturated rings. The average molecular weight is 462 g/mol. The molecule has 7 heteroatoms. The summed E-state index contributed by atoms with van der Waals surface area (Å²) in [6.07, 6.45) is 0. The molecular formula is C7H21V7-7. The van der Waals surface area contributed by atoms with Gasteiger partial charge in [-0.25, -0.2) is 0 Å². The molecule has 0 rings (SSSR count). The van der Waals surface area contributed by atoms with E-state index in [2.05, 4.69) is 0 Å². The van der Waals surface area contributed by atoms with Crippen LogP contribution in [0.3, 0.4) is 0 Å². The Hall–Kier alpha value is 4.09. The maximum absolute atomic E-state index is 0. The third kappa shape index (κ3) is 219. The molecule has 0 aromatic carbocycles. The molecular weight excluding hydrogens is 441 g/mol. The van der Waals surface area contributed by atoms with Crippen LogP contribution in [0.1, 0.15) is 0 Å². The van der Waals surface area contributed by atoms with Crippen LogP contribution in [0, 0.1) is 52.0 Å². The summed E-state index contributed by atoms with van der Waals surface area (Å²) in [6.45, 7) is 0. The van der Waals surface area contributed by atoms with E-state index in [0.717, 1.165) is 0 Å². The zero-order valence-corrected chi connectivity index (χ0v) is 19.9. The van der Waals surface area contributed by atoms with Crippen molar-refractivity contribution in [3.8, 4) is 0 Å². The predicted octanol–water partition coefficient (Wildman–Crippen LogP) is 3.13. The van der Waals surface area contributed by atoms with E-state index < -0.39 is 0 Å². The Kier molecular flexibility index (Phi) is 5960. The minimum absolute atomic E-state index is 0. The molecule has 0 nitrogen and oxygen atoms in total. The average Bonchev–Trinajstić information content (AvgIpc) is 0. The fraction of sp³-hybridized carbons (Fsp3) is 0. The molecule has 0 aliphatic carbocycles. The van der Waals surface area contributed by atoms with Crippen molar-refractivity contribution < 1.29 is 130 Å². The Morgan fingerprint density at radius 1 is 0.143 bits per heavy atom. The van der Waals surface area contributed by atoms with Gasteiger partial charge in [-0.3, -0.25) is 0 Å². The van der Waals surface area contributed by atoms with Gasteiger partial charge in [-0.05, 0) is 0 Å². The normalized spacial score (nSPS) is 0. The third-order valence-corrected chi connectivity index (χ3v) is 0. The van der Waals surface area contributed by atoms with Crippen LogP contribution in [0.15, 0.2) is 0 Å². The van der Waals surface area contributed by atoms with Crippen LogP contribution in [-0.2, 0) is 130 Å². The SMILES string of the molecule is [CH3-].[CH3-].[CH3-].[CH3-].[CH3-].[CH3-].[CH3-].[V].[V].[V].[V].[V].[V].[V]. The van der Waals surface area contributed by atoms with Crippen LogP contribution < -0.4 is 0 Å². The first-order valence-electron chi connectivity index (χ1n) is 0. The first-order chi connectivity index (χ1) is 0. The van der Waals surface area contributed by atoms with Crippen molar-refractivity contribution in [3.05, 3.63) is 52.0 Å². The Morgan fingerprint density at radius 3 is 0.143 bits per heavy atom. The van der Waals surface area contributed by atoms with E-state index >= 15 is 0 Å². The first kappa shape index (κ1) is 316. The molecule has 91 valence electrons. The molecule has 7 radical (unpaired) electrons. The van der Waals surface area contributed by atoms with E-state index in [-0.39, 0.29) is 182 Å². The fourth-order valence-electron chi connectivity index (χ4n) is 0. The smallest absolute Gasteiger partial charge is 0 e. The summed E-state index contributed by atoms with van der Waals surface area (Å²) in [6, 6.07) is 0. The Balaban J connectivity index is 0. The molecule has 0 aromatic rings. The van der Waals surface area contributed by atoms with Crippen LogP contribution in [0.25, 0.3) is 0 Å². The largest absolute Gasteiger partial charge is 0.358 e. The number of hydrogen-bond acceptors (Lipinski definition) is 0. The van der Waals surface area contributed by atoms with Gasteiger partial charge in [0.25, 0.3) is 0 Å². The third-order valence-electron chi connectivity index (χ3n) is 0. The van der Waals surface area contributed by atoms with Gasteiger partial charge in [0.2, 0.25) is 0 Å². The van der Waals surface area contributed by atoms with Crippen molar-refractivity contribution in [2.75, 3.05) is 0 Å². The van der Waals surface area contributed by atoms with Gasteiger partial charge in [0.15, 0.2) is 0 Å². The van der Waals surface area contributed by atoms with Gasteiger partial charge in [-0.2, -0.15) is 0 Å². The van der Waals surface area contributed by atoms with Crippen molar-refractivity contribution in [1.82, 2.24) is 0 Å². The summed E-state index contributed by atoms with van der Waals surface area (Å²) < 4.78 is 0. The minimum Gasteiger partial charge on any atom is -0.358 e. The van der Waals surface area contributed by atoms with Gasteiger partial charge in [-0.1, -0.05) is 0 Å². The monoisotopic (exact) mass is 462 g/mol. The second kappa shape index (κ2) is 264. The molecule has 0 heterocycles. The van der Waals surface area contributed by atoms with Crippen molar-refractivity contribution >= 4 is 0 Å². The number of rotatable bonds is 0. The topological polar surface area (TPSA) is 0 Å². The van der Waals surface area contributed by atoms with E-state index in [1.54, 1.807) is 0 Å². The second-order valence-electron chi connectivity index (χ2n) is 0. The zero-order chi connectivity index (χ0) is 0. The van der Waals surface area contributed by atoms with Crippen LogP contribution in [0.5, 0.6) is 0 Å². The summed E-state index contributed by atoms with van der Waals surface area (Å²) in [5.74, 6) is 0. The van der Waals surface area contributed by atoms with E-state index in [0.29, 0.717) is 0 Å². The van der Waals surface area contributed by atoms with Crippen LogP contribution in [-0.4, -0.2) is 0 Å². The Morgan fingerprint density at radius 2 is 0.143 bits per heavy atom. The van der Waals surface area contributed by atoms with Crippen LogP contribution >= 0.6 is 0 Å². The molecule has 0 unspecified atom stereocenters. The zero-order valence-electron chi connectivity index (χ0n) is 10.1. The molecule has 0 bridgehead atoms. The summed E-state index contributed by atoms with van der Waals surface area (Å²) in [7, 11) is 0. The van der Waals surface area contributed by atoms with Crippen molar-refractivity contribution in [2.24, 2.45) is 0 Å². The molecule has 0 N–H and O–H groups in total. The van der Waals surface area contributed by atoms with E-state index in [4.69, 9.17) is 0 Å². The maximum Gasteiger partial charge on any atom is 0 e. The molecule has 0 amide bonds. The summed E-state index contributed by atoms with van der Waals surface area (Å²) in [5.41, 5.74) is 0. The summed E-state index contributed by atoms with van der Waals surface area (Å²) in [4.78, 5) is 0. The van der Waals surface area contributed by atoms with Gasteiger partial charge >= 0.3 is 0 Å². The van der Waals surface area contributed by atoms with Gasteiger partial charge in [-0.15, -0.1) is 0 Å². The fourth-order valence-corrected chi connectivity index (χ4v) is 0.